The summed E-state index contributed by atoms with van der Waals surface area (Å²) in [7, 11) is 0. The van der Waals surface area contributed by atoms with Crippen LogP contribution in [0.1, 0.15) is 11.9 Å². The van der Waals surface area contributed by atoms with Crippen LogP contribution in [-0.2, 0) is 10.9 Å². The lowest BCUT2D eigenvalue weighted by Crippen LogP contribution is -2.33. The average Bonchev–Trinajstić information content (AvgIpc) is 2.81. The Morgan fingerprint density at radius 2 is 2.04 bits per heavy atom. The van der Waals surface area contributed by atoms with E-state index in [4.69, 9.17) is 22.1 Å². The lowest BCUT2D eigenvalue weighted by atomic mass is 10.1. The fourth-order valence-electron chi connectivity index (χ4n) is 2.56. The molecule has 1 aliphatic heterocycles. The van der Waals surface area contributed by atoms with Gasteiger partial charge in [-0.25, -0.2) is 4.98 Å². The molecule has 12 heteroatoms. The number of aromatic nitrogens is 3. The average molecular weight is 379 g/mol. The van der Waals surface area contributed by atoms with Crippen molar-refractivity contribution >= 4 is 23.3 Å². The first-order valence-electron chi connectivity index (χ1n) is 6.99. The highest BCUT2D eigenvalue weighted by molar-refractivity contribution is 7.71. The summed E-state index contributed by atoms with van der Waals surface area (Å²) in [5.41, 5.74) is -2.59. The molecule has 2 unspecified atom stereocenters. The van der Waals surface area contributed by atoms with Crippen molar-refractivity contribution in [2.75, 3.05) is 6.61 Å². The van der Waals surface area contributed by atoms with E-state index in [0.717, 1.165) is 10.8 Å². The summed E-state index contributed by atoms with van der Waals surface area (Å²) >= 11 is 4.98. The fraction of sp³-hybridized carbons (Fsp3) is 0.462. The Balaban J connectivity index is 2.14. The lowest BCUT2D eigenvalue weighted by Gasteiger charge is -2.18. The predicted molar refractivity (Wildman–Crippen MR) is 79.2 cm³/mol. The van der Waals surface area contributed by atoms with Crippen LogP contribution in [0.5, 0.6) is 0 Å². The zero-order chi connectivity index (χ0) is 18.5. The van der Waals surface area contributed by atoms with Crippen LogP contribution in [-0.4, -0.2) is 54.8 Å². The van der Waals surface area contributed by atoms with E-state index in [1.54, 1.807) is 0 Å². The molecule has 25 heavy (non-hydrogen) atoms. The van der Waals surface area contributed by atoms with E-state index in [1.807, 2.05) is 4.98 Å². The van der Waals surface area contributed by atoms with Gasteiger partial charge in [0, 0.05) is 12.3 Å². The minimum Gasteiger partial charge on any atom is -0.394 e. The smallest absolute Gasteiger partial charge is 0.394 e. The second kappa shape index (κ2) is 6.14. The molecular formula is C13H12F3N3O5S. The quantitative estimate of drug-likeness (QED) is 0.546. The van der Waals surface area contributed by atoms with Gasteiger partial charge >= 0.3 is 6.18 Å². The molecule has 1 aliphatic rings. The molecule has 0 aromatic carbocycles. The van der Waals surface area contributed by atoms with Crippen molar-refractivity contribution < 1.29 is 33.2 Å². The standard InChI is InChI=1S/C13H12F3N3O5S/c14-13(15,16)7-1-5(21)4-2-19(12(25)18-10(4)17-7)11-9(23)8(22)6(3-20)24-11/h1-2,6,8-9,11,20,22-23H,3H2,(H,17,18,25)/t6-,8?,9?,11-/m1/s1. The van der Waals surface area contributed by atoms with Gasteiger partial charge in [-0.3, -0.25) is 9.36 Å². The van der Waals surface area contributed by atoms with Crippen LogP contribution in [0, 0.1) is 4.77 Å². The van der Waals surface area contributed by atoms with Crippen molar-refractivity contribution in [2.24, 2.45) is 0 Å². The first kappa shape index (κ1) is 17.9. The molecule has 0 spiro atoms. The maximum Gasteiger partial charge on any atom is 0.431 e. The zero-order valence-electron chi connectivity index (χ0n) is 12.3. The molecule has 4 N–H and O–H groups in total. The molecule has 0 radical (unpaired) electrons. The number of hydrogen-bond acceptors (Lipinski definition) is 7. The number of nitrogens with zero attached hydrogens (tertiary/aromatic N) is 2. The van der Waals surface area contributed by atoms with Gasteiger partial charge in [-0.15, -0.1) is 0 Å². The molecule has 136 valence electrons. The van der Waals surface area contributed by atoms with Crippen LogP contribution < -0.4 is 5.43 Å². The highest BCUT2D eigenvalue weighted by Gasteiger charge is 2.43. The molecular weight excluding hydrogens is 367 g/mol. The van der Waals surface area contributed by atoms with Gasteiger partial charge in [-0.2, -0.15) is 13.2 Å². The van der Waals surface area contributed by atoms with E-state index < -0.39 is 48.4 Å². The van der Waals surface area contributed by atoms with Gasteiger partial charge in [0.15, 0.2) is 11.7 Å². The summed E-state index contributed by atoms with van der Waals surface area (Å²) in [6, 6.07) is 0.384. The predicted octanol–water partition coefficient (Wildman–Crippen LogP) is 0.0844. The summed E-state index contributed by atoms with van der Waals surface area (Å²) in [5.74, 6) is 0. The number of pyridine rings is 1. The number of aliphatic hydroxyl groups is 3. The second-order valence-corrected chi connectivity index (χ2v) is 5.83. The summed E-state index contributed by atoms with van der Waals surface area (Å²) in [5, 5.41) is 28.7. The van der Waals surface area contributed by atoms with Gasteiger partial charge in [0.05, 0.1) is 12.0 Å². The third-order valence-corrected chi connectivity index (χ3v) is 4.14. The van der Waals surface area contributed by atoms with Crippen LogP contribution in [0.3, 0.4) is 0 Å². The number of rotatable bonds is 2. The molecule has 2 aromatic rings. The van der Waals surface area contributed by atoms with Crippen molar-refractivity contribution in [3.8, 4) is 0 Å². The minimum absolute atomic E-state index is 0.209. The molecule has 3 heterocycles. The molecule has 3 rings (SSSR count). The largest absolute Gasteiger partial charge is 0.431 e. The van der Waals surface area contributed by atoms with Crippen LogP contribution in [0.15, 0.2) is 17.1 Å². The SMILES string of the molecule is O=c1cc(C(F)(F)F)[nH]c2nc(=S)n([C@@H]3O[C@H](CO)C(O)C3O)cc12. The van der Waals surface area contributed by atoms with E-state index >= 15 is 0 Å². The molecule has 4 atom stereocenters. The zero-order valence-corrected chi connectivity index (χ0v) is 13.1. The molecule has 2 aromatic heterocycles. The minimum atomic E-state index is -4.76. The van der Waals surface area contributed by atoms with Crippen molar-refractivity contribution in [3.05, 3.63) is 33.0 Å². The van der Waals surface area contributed by atoms with Gasteiger partial charge in [-0.05, 0) is 12.2 Å². The number of fused-ring (bicyclic) bond motifs is 1. The maximum absolute atomic E-state index is 12.8. The molecule has 0 aliphatic carbocycles. The summed E-state index contributed by atoms with van der Waals surface area (Å²) in [6.07, 6.45) is -8.88. The topological polar surface area (TPSA) is 121 Å². The summed E-state index contributed by atoms with van der Waals surface area (Å²) < 4.78 is 44.3. The first-order valence-corrected chi connectivity index (χ1v) is 7.40. The molecule has 8 nitrogen and oxygen atoms in total. The number of aliphatic hydroxyl groups excluding tert-OH is 3. The van der Waals surface area contributed by atoms with Crippen molar-refractivity contribution in [1.82, 2.24) is 14.5 Å². The highest BCUT2D eigenvalue weighted by Crippen LogP contribution is 2.30. The number of nitrogens with one attached hydrogen (secondary N) is 1. The number of ether oxygens (including phenoxy) is 1. The Bertz CT molecular complexity index is 928. The Morgan fingerprint density at radius 1 is 1.36 bits per heavy atom. The molecule has 0 bridgehead atoms. The number of alkyl halides is 3. The number of H-pyrrole nitrogens is 1. The lowest BCUT2D eigenvalue weighted by molar-refractivity contribution is -0.141. The summed E-state index contributed by atoms with van der Waals surface area (Å²) in [6.45, 7) is -0.571. The molecule has 0 amide bonds. The number of halogens is 3. The monoisotopic (exact) mass is 379 g/mol. The van der Waals surface area contributed by atoms with Gasteiger partial charge in [0.2, 0.25) is 4.77 Å². The van der Waals surface area contributed by atoms with Gasteiger partial charge in [-0.1, -0.05) is 0 Å². The van der Waals surface area contributed by atoms with Gasteiger partial charge < -0.3 is 25.0 Å². The van der Waals surface area contributed by atoms with Crippen molar-refractivity contribution in [1.29, 1.82) is 0 Å². The first-order chi connectivity index (χ1) is 11.6. The Kier molecular flexibility index (Phi) is 4.41. The fourth-order valence-corrected chi connectivity index (χ4v) is 2.81. The van der Waals surface area contributed by atoms with E-state index in [9.17, 15) is 28.2 Å². The molecule has 0 saturated carbocycles. The maximum atomic E-state index is 12.8. The van der Waals surface area contributed by atoms with E-state index in [-0.39, 0.29) is 15.8 Å². The van der Waals surface area contributed by atoms with Crippen LogP contribution in [0.25, 0.3) is 11.0 Å². The Hall–Kier alpha value is -1.86. The normalized spacial score (nSPS) is 27.1. The third kappa shape index (κ3) is 3.06. The van der Waals surface area contributed by atoms with E-state index in [0.29, 0.717) is 6.07 Å². The van der Waals surface area contributed by atoms with Crippen molar-refractivity contribution in [2.45, 2.75) is 30.7 Å². The van der Waals surface area contributed by atoms with Gasteiger partial charge in [0.25, 0.3) is 0 Å². The van der Waals surface area contributed by atoms with Crippen LogP contribution in [0.4, 0.5) is 13.2 Å². The molecule has 1 fully saturated rings. The molecule has 1 saturated heterocycles. The number of hydrogen-bond donors (Lipinski definition) is 4. The second-order valence-electron chi connectivity index (χ2n) is 5.47. The van der Waals surface area contributed by atoms with Crippen LogP contribution in [0.2, 0.25) is 0 Å². The Labute approximate surface area is 142 Å². The summed E-state index contributed by atoms with van der Waals surface area (Å²) in [4.78, 5) is 17.7. The van der Waals surface area contributed by atoms with Crippen LogP contribution >= 0.6 is 12.2 Å². The Morgan fingerprint density at radius 3 is 2.60 bits per heavy atom. The van der Waals surface area contributed by atoms with Gasteiger partial charge in [0.1, 0.15) is 29.7 Å². The number of aromatic amines is 1. The van der Waals surface area contributed by atoms with E-state index in [1.165, 1.54) is 0 Å². The third-order valence-electron chi connectivity index (χ3n) is 3.84. The van der Waals surface area contributed by atoms with E-state index in [2.05, 4.69) is 4.98 Å². The highest BCUT2D eigenvalue weighted by atomic mass is 32.1. The van der Waals surface area contributed by atoms with Crippen molar-refractivity contribution in [3.63, 3.8) is 0 Å².